The molecule has 1 aliphatic rings. The topological polar surface area (TPSA) is 16.4 Å². The molecule has 8 aromatic carbocycles. The molecule has 0 bridgehead atoms. The largest absolute Gasteiger partial charge is 0.459 e. The van der Waals surface area contributed by atoms with E-state index in [1.165, 1.54) is 32.3 Å². The van der Waals surface area contributed by atoms with Crippen LogP contribution in [0.25, 0.3) is 67.3 Å². The number of nitrogens with zero attached hydrogens (tertiary/aromatic N) is 1. The number of para-hydroxylation sites is 2. The normalized spacial score (nSPS) is 13.4. The second-order valence-electron chi connectivity index (χ2n) is 14.1. The summed E-state index contributed by atoms with van der Waals surface area (Å²) >= 11 is 0. The molecule has 10 rings (SSSR count). The van der Waals surface area contributed by atoms with E-state index in [0.29, 0.717) is 0 Å². The Morgan fingerprint density at radius 2 is 1.13 bits per heavy atom. The van der Waals surface area contributed by atoms with E-state index in [0.717, 1.165) is 61.6 Å². The molecule has 2 nitrogen and oxygen atoms in total. The minimum Gasteiger partial charge on any atom is -0.459 e. The maximum Gasteiger partial charge on any atom is 0.142 e. The first-order chi connectivity index (χ1) is 26.7. The summed E-state index contributed by atoms with van der Waals surface area (Å²) in [7, 11) is 0. The van der Waals surface area contributed by atoms with Gasteiger partial charge in [0, 0.05) is 39.2 Å². The van der Waals surface area contributed by atoms with E-state index < -0.39 is 0 Å². The Balaban J connectivity index is 1.23. The Kier molecular flexibility index (Phi) is 7.81. The molecule has 1 aliphatic carbocycles. The van der Waals surface area contributed by atoms with Crippen LogP contribution >= 0.6 is 0 Å². The number of hydrogen-bond acceptors (Lipinski definition) is 2. The molecule has 0 fully saturated rings. The van der Waals surface area contributed by atoms with Crippen LogP contribution in [0.15, 0.2) is 192 Å². The van der Waals surface area contributed by atoms with Gasteiger partial charge >= 0.3 is 0 Å². The fourth-order valence-electron chi connectivity index (χ4n) is 8.16. The van der Waals surface area contributed by atoms with Crippen molar-refractivity contribution >= 4 is 51.0 Å². The van der Waals surface area contributed by atoms with E-state index in [-0.39, 0.29) is 5.92 Å². The van der Waals surface area contributed by atoms with Crippen LogP contribution in [-0.4, -0.2) is 0 Å². The average Bonchev–Trinajstić information content (AvgIpc) is 3.54. The minimum atomic E-state index is 0.126. The first-order valence-corrected chi connectivity index (χ1v) is 18.7. The van der Waals surface area contributed by atoms with E-state index in [9.17, 15) is 0 Å². The lowest BCUT2D eigenvalue weighted by Crippen LogP contribution is -2.23. The third-order valence-electron chi connectivity index (χ3n) is 10.8. The summed E-state index contributed by atoms with van der Waals surface area (Å²) in [6.45, 7) is 2.23. The molecule has 1 aromatic heterocycles. The molecular formula is C52H37NO. The maximum atomic E-state index is 6.98. The number of furan rings is 1. The molecule has 1 atom stereocenters. The average molecular weight is 692 g/mol. The molecule has 2 heteroatoms. The molecule has 0 aliphatic heterocycles. The maximum absolute atomic E-state index is 6.98. The molecule has 0 N–H and O–H groups in total. The van der Waals surface area contributed by atoms with Crippen molar-refractivity contribution in [1.29, 1.82) is 0 Å². The van der Waals surface area contributed by atoms with Crippen LogP contribution < -0.4 is 15.3 Å². The number of benzene rings is 8. The molecular weight excluding hydrogens is 655 g/mol. The second kappa shape index (κ2) is 13.3. The van der Waals surface area contributed by atoms with E-state index >= 15 is 0 Å². The van der Waals surface area contributed by atoms with E-state index in [1.54, 1.807) is 0 Å². The molecule has 54 heavy (non-hydrogen) atoms. The van der Waals surface area contributed by atoms with Crippen molar-refractivity contribution in [3.63, 3.8) is 0 Å². The summed E-state index contributed by atoms with van der Waals surface area (Å²) in [5.74, 6) is 1.13. The zero-order chi connectivity index (χ0) is 36.0. The van der Waals surface area contributed by atoms with Gasteiger partial charge in [-0.05, 0) is 74.3 Å². The summed E-state index contributed by atoms with van der Waals surface area (Å²) in [6, 6.07) is 67.6. The highest BCUT2D eigenvalue weighted by atomic mass is 16.3. The van der Waals surface area contributed by atoms with Gasteiger partial charge in [-0.1, -0.05) is 171 Å². The van der Waals surface area contributed by atoms with E-state index in [1.807, 2.05) is 0 Å². The van der Waals surface area contributed by atoms with Crippen LogP contribution in [0.2, 0.25) is 0 Å². The van der Waals surface area contributed by atoms with Crippen LogP contribution in [0.3, 0.4) is 0 Å². The predicted octanol–water partition coefficient (Wildman–Crippen LogP) is 12.8. The Morgan fingerprint density at radius 1 is 0.463 bits per heavy atom. The summed E-state index contributed by atoms with van der Waals surface area (Å²) in [4.78, 5) is 2.43. The van der Waals surface area contributed by atoms with Crippen molar-refractivity contribution in [2.75, 3.05) is 4.90 Å². The van der Waals surface area contributed by atoms with Gasteiger partial charge in [0.15, 0.2) is 0 Å². The van der Waals surface area contributed by atoms with Crippen molar-refractivity contribution < 1.29 is 4.42 Å². The van der Waals surface area contributed by atoms with Crippen LogP contribution in [0.1, 0.15) is 24.2 Å². The first-order valence-electron chi connectivity index (χ1n) is 18.7. The molecule has 256 valence electrons. The zero-order valence-electron chi connectivity index (χ0n) is 30.0. The molecule has 9 aromatic rings. The lowest BCUT2D eigenvalue weighted by atomic mass is 9.94. The minimum absolute atomic E-state index is 0.126. The predicted molar refractivity (Wildman–Crippen MR) is 227 cm³/mol. The van der Waals surface area contributed by atoms with Crippen LogP contribution in [0, 0.1) is 0 Å². The van der Waals surface area contributed by atoms with Crippen LogP contribution in [0.4, 0.5) is 17.1 Å². The molecule has 0 saturated carbocycles. The highest BCUT2D eigenvalue weighted by Gasteiger charge is 2.25. The van der Waals surface area contributed by atoms with Crippen molar-refractivity contribution in [2.24, 2.45) is 0 Å². The van der Waals surface area contributed by atoms with Gasteiger partial charge in [-0.25, -0.2) is 0 Å². The van der Waals surface area contributed by atoms with Crippen molar-refractivity contribution in [1.82, 2.24) is 0 Å². The molecule has 0 saturated heterocycles. The van der Waals surface area contributed by atoms with Gasteiger partial charge < -0.3 is 9.32 Å². The van der Waals surface area contributed by atoms with Crippen molar-refractivity contribution in [3.8, 4) is 33.4 Å². The second-order valence-corrected chi connectivity index (χ2v) is 14.1. The van der Waals surface area contributed by atoms with Crippen molar-refractivity contribution in [3.05, 3.63) is 210 Å². The monoisotopic (exact) mass is 691 g/mol. The van der Waals surface area contributed by atoms with Gasteiger partial charge in [0.05, 0.1) is 11.4 Å². The smallest absolute Gasteiger partial charge is 0.142 e. The highest BCUT2D eigenvalue weighted by Crippen LogP contribution is 2.48. The van der Waals surface area contributed by atoms with Gasteiger partial charge in [-0.15, -0.1) is 0 Å². The Hall–Kier alpha value is -6.90. The van der Waals surface area contributed by atoms with Gasteiger partial charge in [0.1, 0.15) is 11.3 Å². The number of anilines is 3. The van der Waals surface area contributed by atoms with Gasteiger partial charge in [0.2, 0.25) is 0 Å². The number of fused-ring (bicyclic) bond motifs is 5. The number of hydrogen-bond donors (Lipinski definition) is 0. The summed E-state index contributed by atoms with van der Waals surface area (Å²) < 4.78 is 6.98. The standard InChI is InChI=1S/C52H37NO/c1-35-31-39-20-10-11-22-41(39)34-48-46-25-14-24-45(52(46)54-51(35)48)44-23-12-13-26-49(44)53(43-29-27-37-17-8-9-21-40(37)32-43)50-30-28-42(36-15-4-2-5-16-36)33-47(50)38-18-6-3-7-19-38/h2-35H,1H3/t35-/m0/s1. The SMILES string of the molecule is C[C@H]1C=c2ccccc2=Cc2c1oc1c(-c3ccccc3N(c3ccc4ccccc4c3)c3ccc(-c4ccccc4)cc3-c3ccccc3)cccc21. The fraction of sp³-hybridized carbons (Fsp3) is 0.0385. The van der Waals surface area contributed by atoms with Gasteiger partial charge in [0.25, 0.3) is 0 Å². The zero-order valence-corrected chi connectivity index (χ0v) is 30.0. The lowest BCUT2D eigenvalue weighted by Gasteiger charge is -2.30. The van der Waals surface area contributed by atoms with E-state index in [2.05, 4.69) is 212 Å². The molecule has 0 amide bonds. The summed E-state index contributed by atoms with van der Waals surface area (Å²) in [5.41, 5.74) is 12.2. The van der Waals surface area contributed by atoms with Crippen molar-refractivity contribution in [2.45, 2.75) is 12.8 Å². The quantitative estimate of drug-likeness (QED) is 0.173. The first kappa shape index (κ1) is 31.8. The molecule has 0 radical (unpaired) electrons. The highest BCUT2D eigenvalue weighted by molar-refractivity contribution is 6.04. The van der Waals surface area contributed by atoms with E-state index in [4.69, 9.17) is 4.42 Å². The lowest BCUT2D eigenvalue weighted by molar-refractivity contribution is 0.543. The van der Waals surface area contributed by atoms with Gasteiger partial charge in [-0.2, -0.15) is 0 Å². The molecule has 1 heterocycles. The number of rotatable bonds is 6. The van der Waals surface area contributed by atoms with Crippen LogP contribution in [-0.2, 0) is 0 Å². The van der Waals surface area contributed by atoms with Gasteiger partial charge in [-0.3, -0.25) is 0 Å². The van der Waals surface area contributed by atoms with Crippen LogP contribution in [0.5, 0.6) is 0 Å². The summed E-state index contributed by atoms with van der Waals surface area (Å²) in [5, 5.41) is 5.99. The summed E-state index contributed by atoms with van der Waals surface area (Å²) in [6.07, 6.45) is 4.62. The Morgan fingerprint density at radius 3 is 1.96 bits per heavy atom. The molecule has 0 unspecified atom stereocenters. The Labute approximate surface area is 315 Å². The third kappa shape index (κ3) is 5.52. The Bertz CT molecular complexity index is 2960. The fourth-order valence-corrected chi connectivity index (χ4v) is 8.16. The third-order valence-corrected chi connectivity index (χ3v) is 10.8. The molecule has 0 spiro atoms.